The van der Waals surface area contributed by atoms with E-state index < -0.39 is 12.2 Å². The van der Waals surface area contributed by atoms with Crippen molar-refractivity contribution in [3.8, 4) is 0 Å². The zero-order valence-corrected chi connectivity index (χ0v) is 20.5. The summed E-state index contributed by atoms with van der Waals surface area (Å²) in [6.45, 7) is 2.16. The Hall–Kier alpha value is -1.88. The van der Waals surface area contributed by atoms with Gasteiger partial charge in [-0.1, -0.05) is 74.7 Å². The molecule has 0 heterocycles. The molecule has 0 aromatic heterocycles. The average molecular weight is 473 g/mol. The van der Waals surface area contributed by atoms with Gasteiger partial charge in [-0.25, -0.2) is 0 Å². The minimum Gasteiger partial charge on any atom is -0.469 e. The summed E-state index contributed by atoms with van der Waals surface area (Å²) >= 11 is 6.72. The summed E-state index contributed by atoms with van der Waals surface area (Å²) in [6, 6.07) is 16.3. The van der Waals surface area contributed by atoms with Crippen molar-refractivity contribution < 1.29 is 19.7 Å². The van der Waals surface area contributed by atoms with Gasteiger partial charge >= 0.3 is 5.97 Å². The first-order valence-corrected chi connectivity index (χ1v) is 12.6. The summed E-state index contributed by atoms with van der Waals surface area (Å²) in [5, 5.41) is 21.2. The number of rotatable bonds is 11. The third kappa shape index (κ3) is 7.05. The fourth-order valence-corrected chi connectivity index (χ4v) is 5.44. The minimum absolute atomic E-state index is 0.0440. The van der Waals surface area contributed by atoms with Gasteiger partial charge in [-0.2, -0.15) is 0 Å². The highest BCUT2D eigenvalue weighted by Gasteiger charge is 2.42. The molecule has 0 bridgehead atoms. The fourth-order valence-electron chi connectivity index (χ4n) is 5.01. The molecule has 0 saturated heterocycles. The van der Waals surface area contributed by atoms with Crippen molar-refractivity contribution in [2.75, 3.05) is 7.11 Å². The lowest BCUT2D eigenvalue weighted by Gasteiger charge is -2.25. The molecule has 3 rings (SSSR count). The molecule has 2 aromatic carbocycles. The Labute approximate surface area is 202 Å². The topological polar surface area (TPSA) is 66.8 Å². The zero-order valence-electron chi connectivity index (χ0n) is 19.8. The van der Waals surface area contributed by atoms with Crippen LogP contribution in [-0.4, -0.2) is 34.8 Å². The van der Waals surface area contributed by atoms with Crippen molar-refractivity contribution in [2.45, 2.75) is 81.8 Å². The van der Waals surface area contributed by atoms with E-state index in [-0.39, 0.29) is 23.2 Å². The largest absolute Gasteiger partial charge is 0.469 e. The van der Waals surface area contributed by atoms with Gasteiger partial charge in [-0.3, -0.25) is 4.79 Å². The highest BCUT2D eigenvalue weighted by Crippen LogP contribution is 2.44. The van der Waals surface area contributed by atoms with Crippen molar-refractivity contribution in [3.05, 3.63) is 70.8 Å². The lowest BCUT2D eigenvalue weighted by Crippen LogP contribution is -2.21. The van der Waals surface area contributed by atoms with Crippen molar-refractivity contribution in [1.82, 2.24) is 0 Å². The number of carbonyl (C=O) groups excluding carboxylic acids is 1. The predicted octanol–water partition coefficient (Wildman–Crippen LogP) is 5.72. The van der Waals surface area contributed by atoms with Gasteiger partial charge in [0.25, 0.3) is 0 Å². The summed E-state index contributed by atoms with van der Waals surface area (Å²) in [5.41, 5.74) is 4.26. The second-order valence-corrected chi connectivity index (χ2v) is 9.85. The SMILES string of the molecule is CCCCCC(O)c1ccc([C@@H]2C(Cc3cccc(CCC(=O)OC)c3)[C@H](Cl)C[C@H]2O)cc1. The van der Waals surface area contributed by atoms with Crippen LogP contribution in [0.2, 0.25) is 0 Å². The number of methoxy groups -OCH3 is 1. The van der Waals surface area contributed by atoms with Crippen LogP contribution < -0.4 is 0 Å². The Kier molecular flexibility index (Phi) is 9.78. The summed E-state index contributed by atoms with van der Waals surface area (Å²) < 4.78 is 4.75. The van der Waals surface area contributed by atoms with Crippen molar-refractivity contribution in [2.24, 2.45) is 5.92 Å². The number of esters is 1. The van der Waals surface area contributed by atoms with E-state index in [1.807, 2.05) is 36.4 Å². The molecule has 0 spiro atoms. The Balaban J connectivity index is 1.70. The Morgan fingerprint density at radius 2 is 1.88 bits per heavy atom. The number of aryl methyl sites for hydroxylation is 1. The van der Waals surface area contributed by atoms with E-state index in [0.717, 1.165) is 54.4 Å². The van der Waals surface area contributed by atoms with Crippen LogP contribution in [-0.2, 0) is 22.4 Å². The molecule has 0 radical (unpaired) electrons. The molecule has 1 fully saturated rings. The average Bonchev–Trinajstić information content (AvgIpc) is 3.10. The van der Waals surface area contributed by atoms with E-state index in [2.05, 4.69) is 19.1 Å². The molecule has 2 aromatic rings. The molecule has 1 aliphatic carbocycles. The van der Waals surface area contributed by atoms with Crippen LogP contribution >= 0.6 is 11.6 Å². The second kappa shape index (κ2) is 12.5. The Morgan fingerprint density at radius 3 is 2.58 bits per heavy atom. The normalized spacial score (nSPS) is 23.4. The van der Waals surface area contributed by atoms with E-state index in [4.69, 9.17) is 16.3 Å². The van der Waals surface area contributed by atoms with Crippen molar-refractivity contribution in [1.29, 1.82) is 0 Å². The maximum atomic E-state index is 11.5. The molecule has 1 aliphatic rings. The predicted molar refractivity (Wildman–Crippen MR) is 133 cm³/mol. The molecule has 180 valence electrons. The van der Waals surface area contributed by atoms with Crippen LogP contribution in [0.1, 0.15) is 79.7 Å². The number of halogens is 1. The Bertz CT molecular complexity index is 882. The highest BCUT2D eigenvalue weighted by molar-refractivity contribution is 6.21. The van der Waals surface area contributed by atoms with Crippen LogP contribution in [0, 0.1) is 5.92 Å². The molecule has 2 N–H and O–H groups in total. The van der Waals surface area contributed by atoms with E-state index >= 15 is 0 Å². The third-order valence-electron chi connectivity index (χ3n) is 6.90. The van der Waals surface area contributed by atoms with Gasteiger partial charge in [0.15, 0.2) is 0 Å². The van der Waals surface area contributed by atoms with Gasteiger partial charge in [0.1, 0.15) is 0 Å². The number of carbonyl (C=O) groups is 1. The van der Waals surface area contributed by atoms with Gasteiger partial charge < -0.3 is 14.9 Å². The first-order valence-electron chi connectivity index (χ1n) is 12.2. The molecule has 33 heavy (non-hydrogen) atoms. The minimum atomic E-state index is -0.486. The molecule has 0 amide bonds. The van der Waals surface area contributed by atoms with Crippen LogP contribution in [0.5, 0.6) is 0 Å². The highest BCUT2D eigenvalue weighted by atomic mass is 35.5. The van der Waals surface area contributed by atoms with Gasteiger partial charge in [0.05, 0.1) is 19.3 Å². The van der Waals surface area contributed by atoms with Crippen molar-refractivity contribution >= 4 is 17.6 Å². The lowest BCUT2D eigenvalue weighted by atomic mass is 9.83. The quantitative estimate of drug-likeness (QED) is 0.249. The number of hydrogen-bond donors (Lipinski definition) is 2. The molecule has 5 atom stereocenters. The summed E-state index contributed by atoms with van der Waals surface area (Å²) in [7, 11) is 1.41. The monoisotopic (exact) mass is 472 g/mol. The van der Waals surface area contributed by atoms with E-state index in [0.29, 0.717) is 19.3 Å². The van der Waals surface area contributed by atoms with Crippen LogP contribution in [0.25, 0.3) is 0 Å². The molecular weight excluding hydrogens is 436 g/mol. The zero-order chi connectivity index (χ0) is 23.8. The van der Waals surface area contributed by atoms with Gasteiger partial charge in [0.2, 0.25) is 0 Å². The van der Waals surface area contributed by atoms with Crippen molar-refractivity contribution in [3.63, 3.8) is 0 Å². The number of alkyl halides is 1. The third-order valence-corrected chi connectivity index (χ3v) is 7.40. The number of hydrogen-bond acceptors (Lipinski definition) is 4. The molecule has 2 unspecified atom stereocenters. The first-order chi connectivity index (χ1) is 15.9. The molecular formula is C28H37ClO4. The Morgan fingerprint density at radius 1 is 1.15 bits per heavy atom. The fraction of sp³-hybridized carbons (Fsp3) is 0.536. The smallest absolute Gasteiger partial charge is 0.305 e. The standard InChI is InChI=1S/C28H37ClO4/c1-3-4-5-9-25(30)21-11-13-22(14-12-21)28-23(24(29)18-26(28)31)17-20-8-6-7-19(16-20)10-15-27(32)33-2/h6-8,11-14,16,23-26,28,30-31H,3-5,9-10,15,17-18H2,1-2H3/t23?,24-,25?,26-,28-/m1/s1. The molecule has 0 aliphatic heterocycles. The second-order valence-electron chi connectivity index (χ2n) is 9.29. The van der Waals surface area contributed by atoms with Crippen LogP contribution in [0.15, 0.2) is 48.5 Å². The number of ether oxygens (including phenoxy) is 1. The summed E-state index contributed by atoms with van der Waals surface area (Å²) in [5.74, 6) is -0.144. The lowest BCUT2D eigenvalue weighted by molar-refractivity contribution is -0.140. The van der Waals surface area contributed by atoms with Gasteiger partial charge in [0, 0.05) is 17.7 Å². The van der Waals surface area contributed by atoms with E-state index in [9.17, 15) is 15.0 Å². The number of aliphatic hydroxyl groups is 2. The number of benzene rings is 2. The summed E-state index contributed by atoms with van der Waals surface area (Å²) in [6.07, 6.45) is 5.48. The molecule has 4 nitrogen and oxygen atoms in total. The van der Waals surface area contributed by atoms with Crippen LogP contribution in [0.3, 0.4) is 0 Å². The summed E-state index contributed by atoms with van der Waals surface area (Å²) in [4.78, 5) is 11.5. The number of aliphatic hydroxyl groups excluding tert-OH is 2. The van der Waals surface area contributed by atoms with Crippen LogP contribution in [0.4, 0.5) is 0 Å². The molecule has 5 heteroatoms. The van der Waals surface area contributed by atoms with Gasteiger partial charge in [-0.05, 0) is 53.9 Å². The molecule has 1 saturated carbocycles. The van der Waals surface area contributed by atoms with E-state index in [1.54, 1.807) is 0 Å². The first kappa shape index (κ1) is 25.7. The maximum Gasteiger partial charge on any atom is 0.305 e. The van der Waals surface area contributed by atoms with Gasteiger partial charge in [-0.15, -0.1) is 11.6 Å². The maximum absolute atomic E-state index is 11.5. The van der Waals surface area contributed by atoms with E-state index in [1.165, 1.54) is 7.11 Å². The number of unbranched alkanes of at least 4 members (excludes halogenated alkanes) is 2.